The Morgan fingerprint density at radius 2 is 1.85 bits per heavy atom. The Kier molecular flexibility index (Phi) is 3.01. The lowest BCUT2D eigenvalue weighted by Crippen LogP contribution is -2.12. The van der Waals surface area contributed by atoms with Crippen molar-refractivity contribution in [3.8, 4) is 5.75 Å². The van der Waals surface area contributed by atoms with Crippen molar-refractivity contribution in [1.82, 2.24) is 0 Å². The molecule has 1 rings (SSSR count). The van der Waals surface area contributed by atoms with E-state index in [2.05, 4.69) is 42.8 Å². The van der Waals surface area contributed by atoms with Crippen LogP contribution in [-0.2, 0) is 5.41 Å². The zero-order valence-corrected chi connectivity index (χ0v) is 10.1. The number of methoxy groups -OCH3 is 1. The summed E-state index contributed by atoms with van der Waals surface area (Å²) in [7, 11) is 1.71. The molecule has 0 saturated heterocycles. The highest BCUT2D eigenvalue weighted by atomic mass is 79.9. The van der Waals surface area contributed by atoms with Gasteiger partial charge in [-0.1, -0.05) is 42.8 Å². The van der Waals surface area contributed by atoms with Crippen LogP contribution < -0.4 is 4.74 Å². The number of halogens is 1. The Bertz CT molecular complexity index is 299. The molecule has 1 aromatic carbocycles. The minimum Gasteiger partial charge on any atom is -0.496 e. The third-order valence-corrected chi connectivity index (χ3v) is 2.46. The van der Waals surface area contributed by atoms with Gasteiger partial charge in [0.2, 0.25) is 0 Å². The summed E-state index contributed by atoms with van der Waals surface area (Å²) >= 11 is 3.42. The first-order valence-corrected chi connectivity index (χ1v) is 5.08. The predicted octanol–water partition coefficient (Wildman–Crippen LogP) is 3.76. The highest BCUT2D eigenvalue weighted by molar-refractivity contribution is 9.10. The van der Waals surface area contributed by atoms with Gasteiger partial charge in [-0.3, -0.25) is 0 Å². The lowest BCUT2D eigenvalue weighted by Gasteiger charge is -2.21. The van der Waals surface area contributed by atoms with Crippen LogP contribution >= 0.6 is 15.9 Å². The number of benzene rings is 1. The van der Waals surface area contributed by atoms with Crippen LogP contribution in [-0.4, -0.2) is 7.11 Å². The molecule has 0 heterocycles. The highest BCUT2D eigenvalue weighted by Gasteiger charge is 2.18. The van der Waals surface area contributed by atoms with Gasteiger partial charge in [-0.2, -0.15) is 0 Å². The fourth-order valence-corrected chi connectivity index (χ4v) is 1.62. The largest absolute Gasteiger partial charge is 0.496 e. The van der Waals surface area contributed by atoms with Gasteiger partial charge in [-0.15, -0.1) is 0 Å². The smallest absolute Gasteiger partial charge is 0.123 e. The quantitative estimate of drug-likeness (QED) is 0.729. The molecule has 2 heteroatoms. The first-order valence-electron chi connectivity index (χ1n) is 4.29. The van der Waals surface area contributed by atoms with Crippen LogP contribution in [0, 0.1) is 0 Å². The van der Waals surface area contributed by atoms with E-state index in [-0.39, 0.29) is 5.41 Å². The van der Waals surface area contributed by atoms with Crippen LogP contribution in [0.25, 0.3) is 0 Å². The molecular weight excluding hydrogens is 228 g/mol. The van der Waals surface area contributed by atoms with Gasteiger partial charge in [0.15, 0.2) is 0 Å². The molecule has 0 bridgehead atoms. The zero-order chi connectivity index (χ0) is 10.1. The Labute approximate surface area is 88.2 Å². The van der Waals surface area contributed by atoms with Crippen molar-refractivity contribution in [2.24, 2.45) is 0 Å². The maximum absolute atomic E-state index is 5.32. The lowest BCUT2D eigenvalue weighted by molar-refractivity contribution is 0.397. The third-order valence-electron chi connectivity index (χ3n) is 1.97. The van der Waals surface area contributed by atoms with Gasteiger partial charge >= 0.3 is 0 Å². The normalized spacial score (nSPS) is 11.5. The van der Waals surface area contributed by atoms with Crippen molar-refractivity contribution in [3.63, 3.8) is 0 Å². The van der Waals surface area contributed by atoms with Crippen molar-refractivity contribution < 1.29 is 4.74 Å². The van der Waals surface area contributed by atoms with Crippen molar-refractivity contribution in [2.75, 3.05) is 7.11 Å². The average Bonchev–Trinajstić information content (AvgIpc) is 2.01. The van der Waals surface area contributed by atoms with Gasteiger partial charge in [0.1, 0.15) is 5.75 Å². The van der Waals surface area contributed by atoms with Crippen LogP contribution in [0.1, 0.15) is 26.3 Å². The number of rotatable bonds is 1. The van der Waals surface area contributed by atoms with E-state index >= 15 is 0 Å². The van der Waals surface area contributed by atoms with Gasteiger partial charge in [0, 0.05) is 4.47 Å². The molecule has 0 atom stereocenters. The molecule has 0 amide bonds. The van der Waals surface area contributed by atoms with Crippen LogP contribution in [0.15, 0.2) is 22.7 Å². The maximum Gasteiger partial charge on any atom is 0.123 e. The van der Waals surface area contributed by atoms with E-state index < -0.39 is 0 Å². The van der Waals surface area contributed by atoms with Crippen LogP contribution in [0.4, 0.5) is 0 Å². The molecule has 0 N–H and O–H groups in total. The first kappa shape index (κ1) is 10.6. The van der Waals surface area contributed by atoms with E-state index in [0.29, 0.717) is 0 Å². The molecule has 0 radical (unpaired) electrons. The molecule has 13 heavy (non-hydrogen) atoms. The molecule has 0 saturated carbocycles. The Hall–Kier alpha value is -0.500. The zero-order valence-electron chi connectivity index (χ0n) is 8.52. The summed E-state index contributed by atoms with van der Waals surface area (Å²) in [4.78, 5) is 0. The van der Waals surface area contributed by atoms with Crippen LogP contribution in [0.5, 0.6) is 5.75 Å². The predicted molar refractivity (Wildman–Crippen MR) is 59.4 cm³/mol. The molecule has 0 unspecified atom stereocenters. The standard InChI is InChI=1S/C11H15BrO/c1-11(2,3)9-6-5-8(12)7-10(9)13-4/h5-7H,1-4H3. The minimum absolute atomic E-state index is 0.131. The van der Waals surface area contributed by atoms with Crippen molar-refractivity contribution in [3.05, 3.63) is 28.2 Å². The second-order valence-corrected chi connectivity index (χ2v) is 5.01. The van der Waals surface area contributed by atoms with E-state index in [4.69, 9.17) is 4.74 Å². The Balaban J connectivity index is 3.22. The summed E-state index contributed by atoms with van der Waals surface area (Å²) in [6, 6.07) is 6.15. The summed E-state index contributed by atoms with van der Waals surface area (Å²) in [5, 5.41) is 0. The molecular formula is C11H15BrO. The molecule has 0 aliphatic carbocycles. The van der Waals surface area contributed by atoms with E-state index in [1.807, 2.05) is 12.1 Å². The van der Waals surface area contributed by atoms with Gasteiger partial charge in [-0.25, -0.2) is 0 Å². The van der Waals surface area contributed by atoms with Crippen LogP contribution in [0.3, 0.4) is 0 Å². The lowest BCUT2D eigenvalue weighted by atomic mass is 9.86. The minimum atomic E-state index is 0.131. The fraction of sp³-hybridized carbons (Fsp3) is 0.455. The summed E-state index contributed by atoms with van der Waals surface area (Å²) in [6.45, 7) is 6.54. The van der Waals surface area contributed by atoms with Gasteiger partial charge in [0.25, 0.3) is 0 Å². The Morgan fingerprint density at radius 3 is 2.31 bits per heavy atom. The van der Waals surface area contributed by atoms with Gasteiger partial charge < -0.3 is 4.74 Å². The second kappa shape index (κ2) is 3.70. The SMILES string of the molecule is COc1cc(Br)ccc1C(C)(C)C. The second-order valence-electron chi connectivity index (χ2n) is 4.09. The topological polar surface area (TPSA) is 9.23 Å². The summed E-state index contributed by atoms with van der Waals surface area (Å²) in [6.07, 6.45) is 0. The molecule has 72 valence electrons. The number of ether oxygens (including phenoxy) is 1. The van der Waals surface area contributed by atoms with Gasteiger partial charge in [-0.05, 0) is 23.1 Å². The molecule has 0 fully saturated rings. The highest BCUT2D eigenvalue weighted by Crippen LogP contribution is 2.33. The van der Waals surface area contributed by atoms with Crippen molar-refractivity contribution >= 4 is 15.9 Å². The molecule has 1 nitrogen and oxygen atoms in total. The molecule has 0 aliphatic heterocycles. The van der Waals surface area contributed by atoms with E-state index in [1.54, 1.807) is 7.11 Å². The van der Waals surface area contributed by atoms with Crippen molar-refractivity contribution in [2.45, 2.75) is 26.2 Å². The summed E-state index contributed by atoms with van der Waals surface area (Å²) in [5.74, 6) is 0.946. The summed E-state index contributed by atoms with van der Waals surface area (Å²) < 4.78 is 6.38. The molecule has 1 aromatic rings. The fourth-order valence-electron chi connectivity index (χ4n) is 1.28. The first-order chi connectivity index (χ1) is 5.95. The average molecular weight is 243 g/mol. The van der Waals surface area contributed by atoms with E-state index in [1.165, 1.54) is 5.56 Å². The maximum atomic E-state index is 5.32. The molecule has 0 spiro atoms. The van der Waals surface area contributed by atoms with Crippen LogP contribution in [0.2, 0.25) is 0 Å². The van der Waals surface area contributed by atoms with E-state index in [0.717, 1.165) is 10.2 Å². The van der Waals surface area contributed by atoms with E-state index in [9.17, 15) is 0 Å². The Morgan fingerprint density at radius 1 is 1.23 bits per heavy atom. The van der Waals surface area contributed by atoms with Gasteiger partial charge in [0.05, 0.1) is 7.11 Å². The third kappa shape index (κ3) is 2.47. The number of hydrogen-bond acceptors (Lipinski definition) is 1. The summed E-state index contributed by atoms with van der Waals surface area (Å²) in [5.41, 5.74) is 1.37. The molecule has 0 aromatic heterocycles. The molecule has 0 aliphatic rings. The monoisotopic (exact) mass is 242 g/mol. The number of hydrogen-bond donors (Lipinski definition) is 0. The van der Waals surface area contributed by atoms with Crippen molar-refractivity contribution in [1.29, 1.82) is 0 Å².